The van der Waals surface area contributed by atoms with Gasteiger partial charge in [-0.3, -0.25) is 4.79 Å². The van der Waals surface area contributed by atoms with Crippen molar-refractivity contribution in [1.82, 2.24) is 0 Å². The minimum Gasteiger partial charge on any atom is -0.481 e. The predicted octanol–water partition coefficient (Wildman–Crippen LogP) is 4.73. The first-order valence-corrected chi connectivity index (χ1v) is 9.51. The molecule has 22 heavy (non-hydrogen) atoms. The Morgan fingerprint density at radius 1 is 1.00 bits per heavy atom. The van der Waals surface area contributed by atoms with E-state index in [0.717, 1.165) is 37.0 Å². The second-order valence-electron chi connectivity index (χ2n) is 10.3. The van der Waals surface area contributed by atoms with Crippen molar-refractivity contribution in [1.29, 1.82) is 0 Å². The van der Waals surface area contributed by atoms with Gasteiger partial charge in [-0.05, 0) is 91.8 Å². The fourth-order valence-electron chi connectivity index (χ4n) is 8.79. The highest BCUT2D eigenvalue weighted by atomic mass is 16.4. The van der Waals surface area contributed by atoms with Crippen molar-refractivity contribution in [2.45, 2.75) is 72.1 Å². The Balaban J connectivity index is 1.60. The van der Waals surface area contributed by atoms with Gasteiger partial charge in [0, 0.05) is 0 Å². The van der Waals surface area contributed by atoms with Gasteiger partial charge in [0.2, 0.25) is 0 Å². The van der Waals surface area contributed by atoms with Crippen LogP contribution in [0.3, 0.4) is 0 Å². The second-order valence-corrected chi connectivity index (χ2v) is 10.3. The summed E-state index contributed by atoms with van der Waals surface area (Å²) < 4.78 is 0. The number of hydrogen-bond acceptors (Lipinski definition) is 1. The van der Waals surface area contributed by atoms with Crippen molar-refractivity contribution in [3.8, 4) is 0 Å². The van der Waals surface area contributed by atoms with Gasteiger partial charge in [-0.15, -0.1) is 0 Å². The molecule has 6 fully saturated rings. The molecular weight excluding hydrogens is 272 g/mol. The first-order valence-electron chi connectivity index (χ1n) is 9.51. The van der Waals surface area contributed by atoms with Crippen LogP contribution in [0.25, 0.3) is 0 Å². The molecule has 0 amide bonds. The predicted molar refractivity (Wildman–Crippen MR) is 85.3 cm³/mol. The van der Waals surface area contributed by atoms with E-state index in [4.69, 9.17) is 0 Å². The van der Waals surface area contributed by atoms with E-state index in [0.29, 0.717) is 16.7 Å². The van der Waals surface area contributed by atoms with Crippen molar-refractivity contribution >= 4 is 5.97 Å². The molecule has 0 saturated heterocycles. The zero-order chi connectivity index (χ0) is 15.5. The summed E-state index contributed by atoms with van der Waals surface area (Å²) in [6.45, 7) is 7.12. The fraction of sp³-hybridized carbons (Fsp3) is 0.950. The molecule has 0 aromatic rings. The number of carboxylic acid groups (broad SMARTS) is 1. The fourth-order valence-corrected chi connectivity index (χ4v) is 8.79. The van der Waals surface area contributed by atoms with E-state index < -0.39 is 11.4 Å². The van der Waals surface area contributed by atoms with Gasteiger partial charge >= 0.3 is 5.97 Å². The Morgan fingerprint density at radius 2 is 1.68 bits per heavy atom. The lowest BCUT2D eigenvalue weighted by Crippen LogP contribution is -2.62. The number of aliphatic carboxylic acids is 1. The molecule has 122 valence electrons. The minimum atomic E-state index is -0.526. The maximum absolute atomic E-state index is 12.1. The molecule has 0 aromatic heterocycles. The van der Waals surface area contributed by atoms with Crippen molar-refractivity contribution < 1.29 is 9.90 Å². The molecule has 6 rings (SSSR count). The summed E-state index contributed by atoms with van der Waals surface area (Å²) in [7, 11) is 0. The molecule has 2 unspecified atom stereocenters. The van der Waals surface area contributed by atoms with Gasteiger partial charge in [0.05, 0.1) is 5.41 Å². The molecule has 2 heteroatoms. The van der Waals surface area contributed by atoms with Gasteiger partial charge in [-0.1, -0.05) is 20.3 Å². The smallest absolute Gasteiger partial charge is 0.309 e. The molecule has 8 atom stereocenters. The Bertz CT molecular complexity index is 554. The molecule has 1 N–H and O–H groups in total. The van der Waals surface area contributed by atoms with E-state index in [-0.39, 0.29) is 5.41 Å². The average molecular weight is 302 g/mol. The van der Waals surface area contributed by atoms with Crippen LogP contribution in [0.1, 0.15) is 72.1 Å². The van der Waals surface area contributed by atoms with E-state index in [1.807, 2.05) is 0 Å². The van der Waals surface area contributed by atoms with Crippen molar-refractivity contribution in [3.63, 3.8) is 0 Å². The molecule has 0 heterocycles. The molecule has 0 aromatic carbocycles. The van der Waals surface area contributed by atoms with E-state index >= 15 is 0 Å². The van der Waals surface area contributed by atoms with E-state index in [1.165, 1.54) is 32.1 Å². The highest BCUT2D eigenvalue weighted by molar-refractivity contribution is 5.75. The third kappa shape index (κ3) is 1.20. The lowest BCUT2D eigenvalue weighted by molar-refractivity contribution is -0.203. The molecule has 0 radical (unpaired) electrons. The Morgan fingerprint density at radius 3 is 2.32 bits per heavy atom. The molecule has 0 aliphatic heterocycles. The molecular formula is C20H30O2. The Labute approximate surface area is 134 Å². The topological polar surface area (TPSA) is 37.3 Å². The molecule has 6 saturated carbocycles. The number of carboxylic acids is 1. The van der Waals surface area contributed by atoms with Gasteiger partial charge in [-0.2, -0.15) is 0 Å². The van der Waals surface area contributed by atoms with Crippen LogP contribution in [-0.2, 0) is 4.79 Å². The summed E-state index contributed by atoms with van der Waals surface area (Å²) in [6, 6.07) is 0. The van der Waals surface area contributed by atoms with Crippen LogP contribution in [0.15, 0.2) is 0 Å². The highest BCUT2D eigenvalue weighted by Crippen LogP contribution is 2.86. The highest BCUT2D eigenvalue weighted by Gasteiger charge is 2.80. The Kier molecular flexibility index (Phi) is 2.27. The molecule has 2 nitrogen and oxygen atoms in total. The maximum Gasteiger partial charge on any atom is 0.309 e. The normalized spacial score (nSPS) is 64.7. The average Bonchev–Trinajstić information content (AvgIpc) is 2.83. The number of fused-ring (bicyclic) bond motifs is 1. The summed E-state index contributed by atoms with van der Waals surface area (Å²) >= 11 is 0. The molecule has 4 bridgehead atoms. The zero-order valence-electron chi connectivity index (χ0n) is 14.3. The third-order valence-electron chi connectivity index (χ3n) is 10.1. The SMILES string of the molecule is CC12C[C@@H]3CC[C@@H]4[C@](C)(C(=O)O)CCC[C@@]4(C)C34C[C@@H]1[C@@H]2C4. The maximum atomic E-state index is 12.1. The number of hydrogen-bond donors (Lipinski definition) is 1. The number of carbonyl (C=O) groups is 1. The van der Waals surface area contributed by atoms with Crippen LogP contribution in [0.2, 0.25) is 0 Å². The van der Waals surface area contributed by atoms with Crippen molar-refractivity contribution in [2.24, 2.45) is 45.3 Å². The monoisotopic (exact) mass is 302 g/mol. The lowest BCUT2D eigenvalue weighted by atomic mass is 9.37. The van der Waals surface area contributed by atoms with Gasteiger partial charge in [-0.25, -0.2) is 0 Å². The minimum absolute atomic E-state index is 0.288. The third-order valence-corrected chi connectivity index (χ3v) is 10.1. The molecule has 6 aliphatic rings. The number of rotatable bonds is 1. The van der Waals surface area contributed by atoms with Crippen LogP contribution < -0.4 is 0 Å². The van der Waals surface area contributed by atoms with Crippen LogP contribution in [0.5, 0.6) is 0 Å². The first kappa shape index (κ1) is 13.9. The zero-order valence-corrected chi connectivity index (χ0v) is 14.3. The van der Waals surface area contributed by atoms with Crippen LogP contribution in [0.4, 0.5) is 0 Å². The van der Waals surface area contributed by atoms with E-state index in [2.05, 4.69) is 20.8 Å². The van der Waals surface area contributed by atoms with Crippen LogP contribution in [0, 0.1) is 45.3 Å². The van der Waals surface area contributed by atoms with E-state index in [1.54, 1.807) is 0 Å². The van der Waals surface area contributed by atoms with E-state index in [9.17, 15) is 9.90 Å². The quantitative estimate of drug-likeness (QED) is 0.760. The van der Waals surface area contributed by atoms with Gasteiger partial charge in [0.15, 0.2) is 0 Å². The molecule has 6 aliphatic carbocycles. The molecule has 1 spiro atoms. The van der Waals surface area contributed by atoms with Crippen molar-refractivity contribution in [2.75, 3.05) is 0 Å². The lowest BCUT2D eigenvalue weighted by Gasteiger charge is -2.67. The summed E-state index contributed by atoms with van der Waals surface area (Å²) in [5, 5.41) is 9.96. The largest absolute Gasteiger partial charge is 0.481 e. The van der Waals surface area contributed by atoms with Gasteiger partial charge in [0.25, 0.3) is 0 Å². The van der Waals surface area contributed by atoms with Crippen LogP contribution >= 0.6 is 0 Å². The standard InChI is InChI=1S/C20H30O2/c1-17(16(21)22)7-4-8-19(3)15(17)6-5-12-9-18(2)13-10-20(12,19)11-14(13)18/h12-15H,4-11H2,1-3H3,(H,21,22)/t12-,13-,14+,15+,17+,18?,19+,20?/m0/s1. The second kappa shape index (κ2) is 3.59. The summed E-state index contributed by atoms with van der Waals surface area (Å²) in [6.07, 6.45) is 10.1. The van der Waals surface area contributed by atoms with Crippen molar-refractivity contribution in [3.05, 3.63) is 0 Å². The first-order chi connectivity index (χ1) is 10.3. The summed E-state index contributed by atoms with van der Waals surface area (Å²) in [4.78, 5) is 12.1. The van der Waals surface area contributed by atoms with Crippen LogP contribution in [-0.4, -0.2) is 11.1 Å². The van der Waals surface area contributed by atoms with Gasteiger partial charge in [0.1, 0.15) is 0 Å². The Hall–Kier alpha value is -0.530. The summed E-state index contributed by atoms with van der Waals surface area (Å²) in [5.41, 5.74) is 0.997. The van der Waals surface area contributed by atoms with Gasteiger partial charge < -0.3 is 5.11 Å². The summed E-state index contributed by atoms with van der Waals surface area (Å²) in [5.74, 6) is 2.74.